The minimum atomic E-state index is 0.328. The van der Waals surface area contributed by atoms with Crippen molar-refractivity contribution in [1.82, 2.24) is 10.2 Å². The molecule has 1 fully saturated rings. The van der Waals surface area contributed by atoms with E-state index in [1.54, 1.807) is 0 Å². The summed E-state index contributed by atoms with van der Waals surface area (Å²) in [5, 5.41) is 3.78. The first-order valence-corrected chi connectivity index (χ1v) is 8.05. The van der Waals surface area contributed by atoms with Gasteiger partial charge in [0, 0.05) is 19.1 Å². The van der Waals surface area contributed by atoms with Crippen molar-refractivity contribution in [3.63, 3.8) is 0 Å². The number of benzene rings is 1. The van der Waals surface area contributed by atoms with Crippen LogP contribution in [0.25, 0.3) is 0 Å². The lowest BCUT2D eigenvalue weighted by atomic mass is 9.95. The largest absolute Gasteiger partial charge is 0.308 e. The fourth-order valence-corrected chi connectivity index (χ4v) is 2.80. The molecule has 0 aliphatic carbocycles. The molecule has 1 N–H and O–H groups in total. The van der Waals surface area contributed by atoms with Crippen LogP contribution in [-0.4, -0.2) is 31.1 Å². The van der Waals surface area contributed by atoms with Crippen LogP contribution in [0.5, 0.6) is 0 Å². The van der Waals surface area contributed by atoms with Gasteiger partial charge in [0.15, 0.2) is 0 Å². The Balaban J connectivity index is 1.99. The Labute approximate surface area is 124 Å². The summed E-state index contributed by atoms with van der Waals surface area (Å²) < 4.78 is 0. The van der Waals surface area contributed by atoms with Crippen LogP contribution in [0.4, 0.5) is 0 Å². The van der Waals surface area contributed by atoms with Crippen molar-refractivity contribution < 1.29 is 0 Å². The molecule has 1 saturated heterocycles. The number of likely N-dealkylation sites (tertiary alicyclic amines) is 1. The van der Waals surface area contributed by atoms with Gasteiger partial charge in [-0.2, -0.15) is 0 Å². The molecule has 112 valence electrons. The van der Waals surface area contributed by atoms with Crippen molar-refractivity contribution in [1.29, 1.82) is 0 Å². The fraction of sp³-hybridized carbons (Fsp3) is 0.667. The number of nitrogens with zero attached hydrogens (tertiary/aromatic N) is 1. The van der Waals surface area contributed by atoms with Crippen LogP contribution in [-0.2, 0) is 0 Å². The average molecular weight is 274 g/mol. The minimum absolute atomic E-state index is 0.328. The lowest BCUT2D eigenvalue weighted by Crippen LogP contribution is -2.40. The Kier molecular flexibility index (Phi) is 5.62. The monoisotopic (exact) mass is 274 g/mol. The highest BCUT2D eigenvalue weighted by molar-refractivity contribution is 5.19. The normalized spacial score (nSPS) is 18.9. The van der Waals surface area contributed by atoms with Gasteiger partial charge in [-0.1, -0.05) is 57.5 Å². The van der Waals surface area contributed by atoms with Crippen molar-refractivity contribution in [2.75, 3.05) is 26.2 Å². The molecule has 1 aromatic carbocycles. The van der Waals surface area contributed by atoms with E-state index in [0.29, 0.717) is 11.5 Å². The lowest BCUT2D eigenvalue weighted by molar-refractivity contribution is 0.199. The third kappa shape index (κ3) is 5.26. The Hall–Kier alpha value is -0.860. The van der Waals surface area contributed by atoms with Crippen LogP contribution in [0.2, 0.25) is 0 Å². The van der Waals surface area contributed by atoms with E-state index in [4.69, 9.17) is 0 Å². The van der Waals surface area contributed by atoms with Gasteiger partial charge in [-0.3, -0.25) is 0 Å². The maximum absolute atomic E-state index is 3.78. The highest BCUT2D eigenvalue weighted by atomic mass is 15.2. The van der Waals surface area contributed by atoms with Gasteiger partial charge in [-0.15, -0.1) is 0 Å². The molecule has 1 atom stereocenters. The predicted octanol–water partition coefficient (Wildman–Crippen LogP) is 3.85. The highest BCUT2D eigenvalue weighted by Crippen LogP contribution is 2.20. The van der Waals surface area contributed by atoms with Crippen LogP contribution in [0, 0.1) is 5.41 Å². The molecular weight excluding hydrogens is 244 g/mol. The van der Waals surface area contributed by atoms with Crippen LogP contribution < -0.4 is 5.32 Å². The molecule has 1 aliphatic heterocycles. The zero-order valence-corrected chi connectivity index (χ0v) is 13.4. The van der Waals surface area contributed by atoms with E-state index >= 15 is 0 Å². The van der Waals surface area contributed by atoms with Crippen molar-refractivity contribution >= 4 is 0 Å². The number of hydrogen-bond acceptors (Lipinski definition) is 2. The second-order valence-electron chi connectivity index (χ2n) is 7.27. The second kappa shape index (κ2) is 7.24. The molecule has 0 unspecified atom stereocenters. The molecule has 1 aromatic rings. The Bertz CT molecular complexity index is 374. The Morgan fingerprint density at radius 3 is 2.30 bits per heavy atom. The first-order valence-electron chi connectivity index (χ1n) is 8.05. The van der Waals surface area contributed by atoms with Crippen molar-refractivity contribution in [3.8, 4) is 0 Å². The predicted molar refractivity (Wildman–Crippen MR) is 86.9 cm³/mol. The number of nitrogens with one attached hydrogen (secondary N) is 1. The van der Waals surface area contributed by atoms with Gasteiger partial charge in [0.25, 0.3) is 0 Å². The summed E-state index contributed by atoms with van der Waals surface area (Å²) >= 11 is 0. The summed E-state index contributed by atoms with van der Waals surface area (Å²) in [7, 11) is 0. The van der Waals surface area contributed by atoms with E-state index < -0.39 is 0 Å². The summed E-state index contributed by atoms with van der Waals surface area (Å²) in [4.78, 5) is 2.62. The van der Waals surface area contributed by atoms with Crippen LogP contribution in [0.15, 0.2) is 30.3 Å². The fourth-order valence-electron chi connectivity index (χ4n) is 2.80. The zero-order chi connectivity index (χ0) is 14.4. The van der Waals surface area contributed by atoms with Gasteiger partial charge >= 0.3 is 0 Å². The standard InChI is InChI=1S/C18H30N2/c1-18(2,3)15-19-17(16-10-6-4-7-11-16)14-20-12-8-5-9-13-20/h4,6-7,10-11,17,19H,5,8-9,12-15H2,1-3H3/t17-/m1/s1. The molecule has 0 saturated carbocycles. The van der Waals surface area contributed by atoms with E-state index in [0.717, 1.165) is 13.1 Å². The van der Waals surface area contributed by atoms with Gasteiger partial charge in [-0.05, 0) is 36.9 Å². The average Bonchev–Trinajstić information content (AvgIpc) is 2.44. The van der Waals surface area contributed by atoms with E-state index in [1.165, 1.54) is 37.9 Å². The van der Waals surface area contributed by atoms with Crippen molar-refractivity contribution in [3.05, 3.63) is 35.9 Å². The van der Waals surface area contributed by atoms with E-state index in [1.807, 2.05) is 0 Å². The maximum Gasteiger partial charge on any atom is 0.0449 e. The van der Waals surface area contributed by atoms with Crippen LogP contribution in [0.3, 0.4) is 0 Å². The van der Waals surface area contributed by atoms with Crippen LogP contribution in [0.1, 0.15) is 51.6 Å². The third-order valence-corrected chi connectivity index (χ3v) is 3.97. The summed E-state index contributed by atoms with van der Waals surface area (Å²) in [6.45, 7) is 11.6. The number of hydrogen-bond donors (Lipinski definition) is 1. The second-order valence-corrected chi connectivity index (χ2v) is 7.27. The summed E-state index contributed by atoms with van der Waals surface area (Å²) in [5.74, 6) is 0. The number of rotatable bonds is 5. The summed E-state index contributed by atoms with van der Waals surface area (Å²) in [6, 6.07) is 11.4. The van der Waals surface area contributed by atoms with E-state index in [2.05, 4.69) is 61.3 Å². The maximum atomic E-state index is 3.78. The van der Waals surface area contributed by atoms with Gasteiger partial charge in [0.2, 0.25) is 0 Å². The molecule has 2 rings (SSSR count). The zero-order valence-electron chi connectivity index (χ0n) is 13.4. The molecule has 0 spiro atoms. The molecule has 0 aromatic heterocycles. The van der Waals surface area contributed by atoms with Crippen LogP contribution >= 0.6 is 0 Å². The molecule has 0 radical (unpaired) electrons. The molecular formula is C18H30N2. The lowest BCUT2D eigenvalue weighted by Gasteiger charge is -2.32. The van der Waals surface area contributed by atoms with Crippen molar-refractivity contribution in [2.45, 2.75) is 46.1 Å². The molecule has 2 heteroatoms. The molecule has 1 heterocycles. The topological polar surface area (TPSA) is 15.3 Å². The third-order valence-electron chi connectivity index (χ3n) is 3.97. The first kappa shape index (κ1) is 15.5. The Morgan fingerprint density at radius 2 is 1.70 bits per heavy atom. The molecule has 0 amide bonds. The molecule has 20 heavy (non-hydrogen) atoms. The quantitative estimate of drug-likeness (QED) is 0.877. The minimum Gasteiger partial charge on any atom is -0.308 e. The van der Waals surface area contributed by atoms with Gasteiger partial charge in [0.05, 0.1) is 0 Å². The van der Waals surface area contributed by atoms with Crippen molar-refractivity contribution in [2.24, 2.45) is 5.41 Å². The Morgan fingerprint density at radius 1 is 1.05 bits per heavy atom. The van der Waals surface area contributed by atoms with E-state index in [-0.39, 0.29) is 0 Å². The summed E-state index contributed by atoms with van der Waals surface area (Å²) in [6.07, 6.45) is 4.13. The molecule has 0 bridgehead atoms. The summed E-state index contributed by atoms with van der Waals surface area (Å²) in [5.41, 5.74) is 1.75. The van der Waals surface area contributed by atoms with E-state index in [9.17, 15) is 0 Å². The molecule has 2 nitrogen and oxygen atoms in total. The first-order chi connectivity index (χ1) is 9.54. The molecule has 1 aliphatic rings. The SMILES string of the molecule is CC(C)(C)CN[C@H](CN1CCCCC1)c1ccccc1. The smallest absolute Gasteiger partial charge is 0.0449 e. The van der Waals surface area contributed by atoms with Gasteiger partial charge < -0.3 is 10.2 Å². The van der Waals surface area contributed by atoms with Gasteiger partial charge in [0.1, 0.15) is 0 Å². The van der Waals surface area contributed by atoms with Gasteiger partial charge in [-0.25, -0.2) is 0 Å². The number of piperidine rings is 1. The highest BCUT2D eigenvalue weighted by Gasteiger charge is 2.19.